The molecule has 0 saturated carbocycles. The summed E-state index contributed by atoms with van der Waals surface area (Å²) in [6, 6.07) is 7.73. The number of aromatic nitrogens is 1. The zero-order valence-electron chi connectivity index (χ0n) is 16.1. The number of pyridine rings is 1. The zero-order chi connectivity index (χ0) is 18.6. The van der Waals surface area contributed by atoms with Gasteiger partial charge in [0.2, 0.25) is 0 Å². The molecule has 1 heterocycles. The molecule has 0 fully saturated rings. The normalized spacial score (nSPS) is 10.8. The van der Waals surface area contributed by atoms with Gasteiger partial charge in [0, 0.05) is 17.4 Å². The molecule has 1 N–H and O–H groups in total. The van der Waals surface area contributed by atoms with Gasteiger partial charge in [-0.2, -0.15) is 0 Å². The molecule has 134 valence electrons. The van der Waals surface area contributed by atoms with E-state index >= 15 is 0 Å². The molecule has 0 radical (unpaired) electrons. The number of amides is 1. The van der Waals surface area contributed by atoms with Crippen LogP contribution in [0.25, 0.3) is 0 Å². The van der Waals surface area contributed by atoms with Crippen LogP contribution in [0.3, 0.4) is 0 Å². The average Bonchev–Trinajstić information content (AvgIpc) is 2.50. The minimum Gasteiger partial charge on any atom is -0.493 e. The Labute approximate surface area is 150 Å². The van der Waals surface area contributed by atoms with Crippen LogP contribution in [-0.2, 0) is 0 Å². The Balaban J connectivity index is 2.29. The van der Waals surface area contributed by atoms with Gasteiger partial charge < -0.3 is 10.1 Å². The molecule has 0 bridgehead atoms. The second-order valence-electron chi connectivity index (χ2n) is 6.95. The molecule has 2 aromatic rings. The van der Waals surface area contributed by atoms with Gasteiger partial charge in [-0.05, 0) is 57.2 Å². The summed E-state index contributed by atoms with van der Waals surface area (Å²) in [5, 5.41) is 3.01. The van der Waals surface area contributed by atoms with Crippen LogP contribution < -0.4 is 10.1 Å². The Morgan fingerprint density at radius 3 is 2.60 bits per heavy atom. The zero-order valence-corrected chi connectivity index (χ0v) is 16.1. The first-order valence-corrected chi connectivity index (χ1v) is 8.78. The van der Waals surface area contributed by atoms with Crippen molar-refractivity contribution >= 4 is 11.6 Å². The van der Waals surface area contributed by atoms with E-state index in [0.717, 1.165) is 28.9 Å². The van der Waals surface area contributed by atoms with E-state index in [0.29, 0.717) is 29.5 Å². The Kier molecular flexibility index (Phi) is 6.18. The number of hydrogen-bond acceptors (Lipinski definition) is 3. The molecule has 0 saturated heterocycles. The third-order valence-corrected chi connectivity index (χ3v) is 4.32. The van der Waals surface area contributed by atoms with E-state index in [1.54, 1.807) is 0 Å². The van der Waals surface area contributed by atoms with Crippen molar-refractivity contribution in [1.29, 1.82) is 0 Å². The minimum absolute atomic E-state index is 0.182. The minimum atomic E-state index is -0.182. The second kappa shape index (κ2) is 8.15. The lowest BCUT2D eigenvalue weighted by Gasteiger charge is -2.16. The summed E-state index contributed by atoms with van der Waals surface area (Å²) in [5.74, 6) is 0.975. The molecule has 0 spiro atoms. The lowest BCUT2D eigenvalue weighted by atomic mass is 10.1. The van der Waals surface area contributed by atoms with Crippen LogP contribution in [0.4, 0.5) is 5.69 Å². The van der Waals surface area contributed by atoms with Gasteiger partial charge in [-0.15, -0.1) is 0 Å². The van der Waals surface area contributed by atoms with Gasteiger partial charge in [0.05, 0.1) is 12.3 Å². The summed E-state index contributed by atoms with van der Waals surface area (Å²) in [5.41, 5.74) is 5.07. The largest absolute Gasteiger partial charge is 0.493 e. The Morgan fingerprint density at radius 1 is 1.20 bits per heavy atom. The SMILES string of the molecule is Cc1cc(OCCC(C)C)c(C(=O)Nc2cccc(C)c2C)c(C)n1. The molecule has 25 heavy (non-hydrogen) atoms. The Hall–Kier alpha value is -2.36. The van der Waals surface area contributed by atoms with E-state index in [2.05, 4.69) is 24.1 Å². The molecule has 4 heteroatoms. The first-order valence-electron chi connectivity index (χ1n) is 8.78. The van der Waals surface area contributed by atoms with Crippen LogP contribution in [0.15, 0.2) is 24.3 Å². The van der Waals surface area contributed by atoms with E-state index < -0.39 is 0 Å². The third-order valence-electron chi connectivity index (χ3n) is 4.32. The van der Waals surface area contributed by atoms with Gasteiger partial charge in [0.25, 0.3) is 5.91 Å². The van der Waals surface area contributed by atoms with Crippen molar-refractivity contribution in [3.05, 3.63) is 52.3 Å². The third kappa shape index (κ3) is 4.81. The maximum Gasteiger partial charge on any atom is 0.261 e. The van der Waals surface area contributed by atoms with Crippen LogP contribution >= 0.6 is 0 Å². The average molecular weight is 340 g/mol. The van der Waals surface area contributed by atoms with E-state index in [1.807, 2.05) is 52.0 Å². The summed E-state index contributed by atoms with van der Waals surface area (Å²) in [6.07, 6.45) is 0.943. The number of nitrogens with zero attached hydrogens (tertiary/aromatic N) is 1. The molecule has 1 amide bonds. The van der Waals surface area contributed by atoms with Gasteiger partial charge in [0.15, 0.2) is 0 Å². The predicted octanol–water partition coefficient (Wildman–Crippen LogP) is 4.99. The van der Waals surface area contributed by atoms with Crippen LogP contribution in [-0.4, -0.2) is 17.5 Å². The maximum absolute atomic E-state index is 12.9. The summed E-state index contributed by atoms with van der Waals surface area (Å²) < 4.78 is 5.92. The summed E-state index contributed by atoms with van der Waals surface area (Å²) in [7, 11) is 0. The molecule has 0 atom stereocenters. The number of rotatable bonds is 6. The van der Waals surface area contributed by atoms with E-state index in [1.165, 1.54) is 0 Å². The number of nitrogens with one attached hydrogen (secondary N) is 1. The molecular formula is C21H28N2O2. The fourth-order valence-electron chi connectivity index (χ4n) is 2.66. The van der Waals surface area contributed by atoms with Crippen LogP contribution in [0.5, 0.6) is 5.75 Å². The molecule has 0 aliphatic rings. The number of carbonyl (C=O) groups is 1. The lowest BCUT2D eigenvalue weighted by molar-refractivity contribution is 0.102. The van der Waals surface area contributed by atoms with E-state index in [4.69, 9.17) is 4.74 Å². The molecule has 0 aliphatic carbocycles. The standard InChI is InChI=1S/C21H28N2O2/c1-13(2)10-11-25-19-12-15(4)22-17(6)20(19)21(24)23-18-9-7-8-14(3)16(18)5/h7-9,12-13H,10-11H2,1-6H3,(H,23,24). The predicted molar refractivity (Wildman–Crippen MR) is 103 cm³/mol. The van der Waals surface area contributed by atoms with Crippen molar-refractivity contribution in [2.75, 3.05) is 11.9 Å². The van der Waals surface area contributed by atoms with Crippen molar-refractivity contribution < 1.29 is 9.53 Å². The highest BCUT2D eigenvalue weighted by Crippen LogP contribution is 2.25. The number of benzene rings is 1. The van der Waals surface area contributed by atoms with Crippen molar-refractivity contribution in [3.8, 4) is 5.75 Å². The number of carbonyl (C=O) groups excluding carboxylic acids is 1. The number of aryl methyl sites for hydroxylation is 3. The fraction of sp³-hybridized carbons (Fsp3) is 0.429. The Morgan fingerprint density at radius 2 is 1.92 bits per heavy atom. The summed E-state index contributed by atoms with van der Waals surface area (Å²) in [4.78, 5) is 17.3. The number of anilines is 1. The molecule has 1 aromatic carbocycles. The molecular weight excluding hydrogens is 312 g/mol. The van der Waals surface area contributed by atoms with Gasteiger partial charge in [-0.25, -0.2) is 0 Å². The molecule has 0 unspecified atom stereocenters. The van der Waals surface area contributed by atoms with Gasteiger partial charge in [-0.1, -0.05) is 26.0 Å². The first-order chi connectivity index (χ1) is 11.8. The highest BCUT2D eigenvalue weighted by atomic mass is 16.5. The highest BCUT2D eigenvalue weighted by molar-refractivity contribution is 6.07. The highest BCUT2D eigenvalue weighted by Gasteiger charge is 2.19. The van der Waals surface area contributed by atoms with Gasteiger partial charge >= 0.3 is 0 Å². The smallest absolute Gasteiger partial charge is 0.261 e. The monoisotopic (exact) mass is 340 g/mol. The van der Waals surface area contributed by atoms with Crippen LogP contribution in [0.2, 0.25) is 0 Å². The summed E-state index contributed by atoms with van der Waals surface area (Å²) >= 11 is 0. The quantitative estimate of drug-likeness (QED) is 0.806. The van der Waals surface area contributed by atoms with Crippen molar-refractivity contribution in [3.63, 3.8) is 0 Å². The molecule has 0 aliphatic heterocycles. The van der Waals surface area contributed by atoms with E-state index in [9.17, 15) is 4.79 Å². The first kappa shape index (κ1) is 19.0. The lowest BCUT2D eigenvalue weighted by Crippen LogP contribution is -2.17. The fourth-order valence-corrected chi connectivity index (χ4v) is 2.66. The molecule has 2 rings (SSSR count). The Bertz CT molecular complexity index is 767. The van der Waals surface area contributed by atoms with Crippen LogP contribution in [0, 0.1) is 33.6 Å². The van der Waals surface area contributed by atoms with Crippen molar-refractivity contribution in [1.82, 2.24) is 4.98 Å². The second-order valence-corrected chi connectivity index (χ2v) is 6.95. The van der Waals surface area contributed by atoms with Crippen LogP contribution in [0.1, 0.15) is 53.1 Å². The van der Waals surface area contributed by atoms with Gasteiger partial charge in [-0.3, -0.25) is 9.78 Å². The molecule has 4 nitrogen and oxygen atoms in total. The van der Waals surface area contributed by atoms with Crippen molar-refractivity contribution in [2.45, 2.75) is 48.0 Å². The topological polar surface area (TPSA) is 51.2 Å². The number of hydrogen-bond donors (Lipinski definition) is 1. The van der Waals surface area contributed by atoms with E-state index in [-0.39, 0.29) is 5.91 Å². The number of ether oxygens (including phenoxy) is 1. The maximum atomic E-state index is 12.9. The summed E-state index contributed by atoms with van der Waals surface area (Å²) in [6.45, 7) is 12.7. The van der Waals surface area contributed by atoms with Gasteiger partial charge in [0.1, 0.15) is 11.3 Å². The van der Waals surface area contributed by atoms with Crippen molar-refractivity contribution in [2.24, 2.45) is 5.92 Å². The molecule has 1 aromatic heterocycles.